The second-order valence-corrected chi connectivity index (χ2v) is 7.55. The summed E-state index contributed by atoms with van der Waals surface area (Å²) in [5.41, 5.74) is 0.579. The smallest absolute Gasteiger partial charge is 0.337 e. The van der Waals surface area contributed by atoms with Crippen LogP contribution in [0.15, 0.2) is 48.7 Å². The van der Waals surface area contributed by atoms with E-state index in [0.29, 0.717) is 35.2 Å². The van der Waals surface area contributed by atoms with Gasteiger partial charge in [-0.2, -0.15) is 5.10 Å². The SMILES string of the molecule is COCC(C)Oc1cc(Oc2ccc(C(=O)OC)cc2Cl)cc(C(=O)Nc2ccn(C)n2)c1. The van der Waals surface area contributed by atoms with Gasteiger partial charge in [0.25, 0.3) is 5.91 Å². The highest BCUT2D eigenvalue weighted by Crippen LogP contribution is 2.33. The van der Waals surface area contributed by atoms with E-state index in [1.807, 2.05) is 6.92 Å². The number of halogens is 1. The summed E-state index contributed by atoms with van der Waals surface area (Å²) in [5, 5.41) is 7.09. The fourth-order valence-corrected chi connectivity index (χ4v) is 3.18. The molecule has 0 saturated heterocycles. The predicted octanol–water partition coefficient (Wildman–Crippen LogP) is 4.32. The van der Waals surface area contributed by atoms with Crippen LogP contribution in [0.1, 0.15) is 27.6 Å². The Morgan fingerprint density at radius 1 is 1.09 bits per heavy atom. The van der Waals surface area contributed by atoms with Crippen molar-refractivity contribution in [2.24, 2.45) is 7.05 Å². The lowest BCUT2D eigenvalue weighted by Crippen LogP contribution is -2.18. The summed E-state index contributed by atoms with van der Waals surface area (Å²) in [6.45, 7) is 2.20. The van der Waals surface area contributed by atoms with Crippen LogP contribution in [0.2, 0.25) is 5.02 Å². The number of carbonyl (C=O) groups is 2. The van der Waals surface area contributed by atoms with E-state index in [2.05, 4.69) is 10.4 Å². The van der Waals surface area contributed by atoms with E-state index in [1.54, 1.807) is 55.4 Å². The molecule has 0 saturated carbocycles. The molecule has 0 aliphatic rings. The van der Waals surface area contributed by atoms with Gasteiger partial charge in [0, 0.05) is 38.1 Å². The van der Waals surface area contributed by atoms with Gasteiger partial charge in [0.15, 0.2) is 5.82 Å². The molecule has 1 atom stereocenters. The number of hydrogen-bond donors (Lipinski definition) is 1. The third-order valence-corrected chi connectivity index (χ3v) is 4.71. The quantitative estimate of drug-likeness (QED) is 0.462. The van der Waals surface area contributed by atoms with E-state index in [1.165, 1.54) is 19.2 Å². The molecule has 1 amide bonds. The van der Waals surface area contributed by atoms with Crippen LogP contribution in [0.3, 0.4) is 0 Å². The molecule has 10 heteroatoms. The Balaban J connectivity index is 1.90. The number of esters is 1. The average molecular weight is 474 g/mol. The van der Waals surface area contributed by atoms with Crippen molar-refractivity contribution in [3.8, 4) is 17.2 Å². The molecule has 3 aromatic rings. The van der Waals surface area contributed by atoms with Gasteiger partial charge in [0.2, 0.25) is 0 Å². The molecular weight excluding hydrogens is 450 g/mol. The monoisotopic (exact) mass is 473 g/mol. The third-order valence-electron chi connectivity index (χ3n) is 4.42. The van der Waals surface area contributed by atoms with E-state index >= 15 is 0 Å². The third kappa shape index (κ3) is 6.47. The van der Waals surface area contributed by atoms with Crippen molar-refractivity contribution >= 4 is 29.3 Å². The Morgan fingerprint density at radius 3 is 2.48 bits per heavy atom. The van der Waals surface area contributed by atoms with Crippen molar-refractivity contribution in [3.63, 3.8) is 0 Å². The number of aryl methyl sites for hydroxylation is 1. The number of hydrogen-bond acceptors (Lipinski definition) is 7. The zero-order valence-electron chi connectivity index (χ0n) is 18.6. The number of carbonyl (C=O) groups excluding carboxylic acids is 2. The maximum atomic E-state index is 12.8. The second-order valence-electron chi connectivity index (χ2n) is 7.14. The minimum Gasteiger partial charge on any atom is -0.488 e. The lowest BCUT2D eigenvalue weighted by Gasteiger charge is -2.16. The van der Waals surface area contributed by atoms with E-state index in [0.717, 1.165) is 0 Å². The van der Waals surface area contributed by atoms with Gasteiger partial charge in [-0.15, -0.1) is 0 Å². The van der Waals surface area contributed by atoms with Crippen molar-refractivity contribution in [1.82, 2.24) is 9.78 Å². The van der Waals surface area contributed by atoms with Crippen molar-refractivity contribution < 1.29 is 28.5 Å². The lowest BCUT2D eigenvalue weighted by molar-refractivity contribution is 0.0600. The van der Waals surface area contributed by atoms with Crippen LogP contribution in [-0.4, -0.2) is 48.6 Å². The largest absolute Gasteiger partial charge is 0.488 e. The number of amides is 1. The molecule has 9 nitrogen and oxygen atoms in total. The highest BCUT2D eigenvalue weighted by Gasteiger charge is 2.16. The summed E-state index contributed by atoms with van der Waals surface area (Å²) in [7, 11) is 4.61. The first-order valence-corrected chi connectivity index (χ1v) is 10.3. The van der Waals surface area contributed by atoms with E-state index in [4.69, 9.17) is 30.5 Å². The van der Waals surface area contributed by atoms with Crippen LogP contribution in [0.25, 0.3) is 0 Å². The summed E-state index contributed by atoms with van der Waals surface area (Å²) in [5.74, 6) is 0.518. The van der Waals surface area contributed by atoms with Gasteiger partial charge >= 0.3 is 5.97 Å². The van der Waals surface area contributed by atoms with Crippen LogP contribution < -0.4 is 14.8 Å². The van der Waals surface area contributed by atoms with Gasteiger partial charge in [0.05, 0.1) is 24.3 Å². The maximum Gasteiger partial charge on any atom is 0.337 e. The van der Waals surface area contributed by atoms with Gasteiger partial charge in [-0.05, 0) is 37.3 Å². The number of aromatic nitrogens is 2. The lowest BCUT2D eigenvalue weighted by atomic mass is 10.1. The predicted molar refractivity (Wildman–Crippen MR) is 122 cm³/mol. The summed E-state index contributed by atoms with van der Waals surface area (Å²) in [6, 6.07) is 11.0. The van der Waals surface area contributed by atoms with Gasteiger partial charge in [-0.25, -0.2) is 4.79 Å². The Labute approximate surface area is 196 Å². The fourth-order valence-electron chi connectivity index (χ4n) is 2.96. The summed E-state index contributed by atoms with van der Waals surface area (Å²) >= 11 is 6.29. The van der Waals surface area contributed by atoms with E-state index in [-0.39, 0.29) is 16.7 Å². The summed E-state index contributed by atoms with van der Waals surface area (Å²) in [4.78, 5) is 24.5. The van der Waals surface area contributed by atoms with Crippen molar-refractivity contribution in [1.29, 1.82) is 0 Å². The molecular formula is C23H24ClN3O6. The topological polar surface area (TPSA) is 101 Å². The molecule has 3 rings (SSSR count). The normalized spacial score (nSPS) is 11.5. The van der Waals surface area contributed by atoms with Crippen molar-refractivity contribution in [2.75, 3.05) is 26.1 Å². The van der Waals surface area contributed by atoms with Crippen LogP contribution in [-0.2, 0) is 16.5 Å². The van der Waals surface area contributed by atoms with E-state index in [9.17, 15) is 9.59 Å². The highest BCUT2D eigenvalue weighted by molar-refractivity contribution is 6.32. The molecule has 174 valence electrons. The Kier molecular flexibility index (Phi) is 7.92. The zero-order valence-corrected chi connectivity index (χ0v) is 19.4. The van der Waals surface area contributed by atoms with Crippen molar-refractivity contribution in [2.45, 2.75) is 13.0 Å². The Morgan fingerprint density at radius 2 is 1.85 bits per heavy atom. The first-order valence-electron chi connectivity index (χ1n) is 9.96. The standard InChI is InChI=1S/C23H24ClN3O6/c1-14(13-30-3)32-17-9-16(22(28)25-21-7-8-27(2)26-21)10-18(12-17)33-20-6-5-15(11-19(20)24)23(29)31-4/h5-12,14H,13H2,1-4H3,(H,25,26,28). The van der Waals surface area contributed by atoms with Gasteiger partial charge in [0.1, 0.15) is 23.4 Å². The fraction of sp³-hybridized carbons (Fsp3) is 0.261. The number of ether oxygens (including phenoxy) is 4. The van der Waals surface area contributed by atoms with E-state index < -0.39 is 11.9 Å². The minimum absolute atomic E-state index is 0.205. The number of benzene rings is 2. The first kappa shape index (κ1) is 24.1. The van der Waals surface area contributed by atoms with Gasteiger partial charge in [-0.1, -0.05) is 11.6 Å². The number of nitrogens with one attached hydrogen (secondary N) is 1. The number of methoxy groups -OCH3 is 2. The van der Waals surface area contributed by atoms with Crippen LogP contribution in [0, 0.1) is 0 Å². The molecule has 0 radical (unpaired) electrons. The molecule has 1 unspecified atom stereocenters. The second kappa shape index (κ2) is 10.8. The molecule has 0 fully saturated rings. The summed E-state index contributed by atoms with van der Waals surface area (Å²) in [6.07, 6.45) is 1.45. The molecule has 0 aliphatic heterocycles. The Bertz CT molecular complexity index is 1150. The zero-order chi connectivity index (χ0) is 24.0. The van der Waals surface area contributed by atoms with Gasteiger partial charge in [-0.3, -0.25) is 9.48 Å². The molecule has 0 spiro atoms. The summed E-state index contributed by atoms with van der Waals surface area (Å²) < 4.78 is 23.2. The number of anilines is 1. The van der Waals surface area contributed by atoms with Crippen LogP contribution in [0.5, 0.6) is 17.2 Å². The molecule has 0 aliphatic carbocycles. The number of nitrogens with zero attached hydrogens (tertiary/aromatic N) is 2. The first-order chi connectivity index (χ1) is 15.8. The molecule has 1 N–H and O–H groups in total. The van der Waals surface area contributed by atoms with Crippen LogP contribution in [0.4, 0.5) is 5.82 Å². The number of rotatable bonds is 9. The molecule has 2 aromatic carbocycles. The molecule has 0 bridgehead atoms. The average Bonchev–Trinajstić information content (AvgIpc) is 3.19. The maximum absolute atomic E-state index is 12.8. The van der Waals surface area contributed by atoms with Crippen LogP contribution >= 0.6 is 11.6 Å². The van der Waals surface area contributed by atoms with Gasteiger partial charge < -0.3 is 24.3 Å². The highest BCUT2D eigenvalue weighted by atomic mass is 35.5. The molecule has 1 heterocycles. The minimum atomic E-state index is -0.514. The Hall–Kier alpha value is -3.56. The van der Waals surface area contributed by atoms with Crippen molar-refractivity contribution in [3.05, 3.63) is 64.8 Å². The molecule has 1 aromatic heterocycles. The molecule has 33 heavy (non-hydrogen) atoms.